The molecule has 0 aromatic heterocycles. The predicted molar refractivity (Wildman–Crippen MR) is 136 cm³/mol. The molecule has 0 bridgehead atoms. The van der Waals surface area contributed by atoms with Gasteiger partial charge in [-0.3, -0.25) is 0 Å². The molecule has 0 amide bonds. The van der Waals surface area contributed by atoms with Crippen LogP contribution in [-0.4, -0.2) is 14.2 Å². The SMILES string of the molecule is COc1cccc(Oc2cccc(OC)c2-c2ccc(Cl)cc2C#N)c1-c1ccc(Cl)cc1C#N. The molecule has 0 aliphatic rings. The van der Waals surface area contributed by atoms with Crippen molar-refractivity contribution in [1.29, 1.82) is 10.5 Å². The molecule has 0 fully saturated rings. The van der Waals surface area contributed by atoms with Gasteiger partial charge in [-0.25, -0.2) is 0 Å². The number of hydrogen-bond donors (Lipinski definition) is 0. The molecule has 0 atom stereocenters. The largest absolute Gasteiger partial charge is 0.496 e. The fourth-order valence-corrected chi connectivity index (χ4v) is 4.18. The van der Waals surface area contributed by atoms with Crippen molar-refractivity contribution in [3.63, 3.8) is 0 Å². The Hall–Kier alpha value is -4.16. The van der Waals surface area contributed by atoms with E-state index in [0.717, 1.165) is 0 Å². The van der Waals surface area contributed by atoms with Crippen LogP contribution in [0.15, 0.2) is 72.8 Å². The fourth-order valence-electron chi connectivity index (χ4n) is 3.84. The summed E-state index contributed by atoms with van der Waals surface area (Å²) >= 11 is 12.2. The van der Waals surface area contributed by atoms with Crippen LogP contribution in [0.3, 0.4) is 0 Å². The third-order valence-electron chi connectivity index (χ3n) is 5.38. The zero-order valence-corrected chi connectivity index (χ0v) is 20.3. The molecular weight excluding hydrogens is 483 g/mol. The van der Waals surface area contributed by atoms with E-state index < -0.39 is 0 Å². The van der Waals surface area contributed by atoms with E-state index in [2.05, 4.69) is 12.1 Å². The number of rotatable bonds is 6. The van der Waals surface area contributed by atoms with Crippen LogP contribution < -0.4 is 14.2 Å². The van der Waals surface area contributed by atoms with Crippen LogP contribution in [0.25, 0.3) is 22.3 Å². The summed E-state index contributed by atoms with van der Waals surface area (Å²) < 4.78 is 17.7. The van der Waals surface area contributed by atoms with E-state index in [1.54, 1.807) is 87.0 Å². The molecule has 0 aliphatic carbocycles. The molecular formula is C28H18Cl2N2O3. The number of nitrogens with zero attached hydrogens (tertiary/aromatic N) is 2. The van der Waals surface area contributed by atoms with Gasteiger partial charge in [0, 0.05) is 21.2 Å². The van der Waals surface area contributed by atoms with E-state index >= 15 is 0 Å². The fraction of sp³-hybridized carbons (Fsp3) is 0.0714. The standard InChI is InChI=1S/C28H18Cl2N2O3/c1-33-23-5-3-7-25(27(23)21-11-9-19(29)13-17(21)15-31)35-26-8-4-6-24(34-2)28(26)22-12-10-20(30)14-18(22)16-32/h3-14H,1-2H3. The molecule has 4 rings (SSSR count). The Kier molecular flexibility index (Phi) is 7.13. The maximum absolute atomic E-state index is 9.74. The Morgan fingerprint density at radius 1 is 0.600 bits per heavy atom. The van der Waals surface area contributed by atoms with Crippen LogP contribution in [0.1, 0.15) is 11.1 Å². The van der Waals surface area contributed by atoms with Crippen molar-refractivity contribution < 1.29 is 14.2 Å². The van der Waals surface area contributed by atoms with Crippen molar-refractivity contribution in [2.45, 2.75) is 0 Å². The van der Waals surface area contributed by atoms with Gasteiger partial charge in [0.1, 0.15) is 23.0 Å². The first-order chi connectivity index (χ1) is 17.0. The van der Waals surface area contributed by atoms with Crippen LogP contribution in [0, 0.1) is 22.7 Å². The van der Waals surface area contributed by atoms with Crippen molar-refractivity contribution in [2.24, 2.45) is 0 Å². The van der Waals surface area contributed by atoms with Gasteiger partial charge in [-0.2, -0.15) is 10.5 Å². The maximum atomic E-state index is 9.74. The van der Waals surface area contributed by atoms with Gasteiger partial charge in [0.15, 0.2) is 0 Å². The zero-order valence-electron chi connectivity index (χ0n) is 18.8. The van der Waals surface area contributed by atoms with Crippen LogP contribution in [-0.2, 0) is 0 Å². The second-order valence-corrected chi connectivity index (χ2v) is 8.25. The van der Waals surface area contributed by atoms with E-state index in [4.69, 9.17) is 37.4 Å². The summed E-state index contributed by atoms with van der Waals surface area (Å²) in [6.07, 6.45) is 0. The summed E-state index contributed by atoms with van der Waals surface area (Å²) in [5.41, 5.74) is 3.16. The number of nitriles is 2. The average molecular weight is 501 g/mol. The highest BCUT2D eigenvalue weighted by atomic mass is 35.5. The Balaban J connectivity index is 1.95. The highest BCUT2D eigenvalue weighted by Crippen LogP contribution is 2.46. The first kappa shape index (κ1) is 24.0. The quantitative estimate of drug-likeness (QED) is 0.269. The van der Waals surface area contributed by atoms with Crippen molar-refractivity contribution in [2.75, 3.05) is 14.2 Å². The van der Waals surface area contributed by atoms with E-state index in [-0.39, 0.29) is 0 Å². The second-order valence-electron chi connectivity index (χ2n) is 7.37. The zero-order chi connectivity index (χ0) is 24.9. The predicted octanol–water partition coefficient (Wildman–Crippen LogP) is 7.88. The summed E-state index contributed by atoms with van der Waals surface area (Å²) in [5.74, 6) is 1.94. The second kappa shape index (κ2) is 10.4. The Labute approximate surface area is 213 Å². The molecule has 0 aliphatic heterocycles. The lowest BCUT2D eigenvalue weighted by molar-refractivity contribution is 0.407. The molecule has 0 spiro atoms. The highest BCUT2D eigenvalue weighted by Gasteiger charge is 2.21. The molecule has 0 radical (unpaired) electrons. The molecule has 35 heavy (non-hydrogen) atoms. The van der Waals surface area contributed by atoms with Gasteiger partial charge in [0.2, 0.25) is 0 Å². The van der Waals surface area contributed by atoms with Crippen LogP contribution in [0.4, 0.5) is 0 Å². The molecule has 172 valence electrons. The third kappa shape index (κ3) is 4.74. The topological polar surface area (TPSA) is 75.3 Å². The molecule has 7 heteroatoms. The van der Waals surface area contributed by atoms with Gasteiger partial charge in [-0.05, 0) is 48.5 Å². The summed E-state index contributed by atoms with van der Waals surface area (Å²) in [4.78, 5) is 0. The maximum Gasteiger partial charge on any atom is 0.139 e. The lowest BCUT2D eigenvalue weighted by Gasteiger charge is -2.19. The number of benzene rings is 4. The third-order valence-corrected chi connectivity index (χ3v) is 5.85. The molecule has 0 unspecified atom stereocenters. The molecule has 0 N–H and O–H groups in total. The Morgan fingerprint density at radius 3 is 1.37 bits per heavy atom. The van der Waals surface area contributed by atoms with Crippen LogP contribution >= 0.6 is 23.2 Å². The van der Waals surface area contributed by atoms with Crippen molar-refractivity contribution in [3.8, 4) is 57.4 Å². The van der Waals surface area contributed by atoms with E-state index in [0.29, 0.717) is 66.4 Å². The van der Waals surface area contributed by atoms with Crippen molar-refractivity contribution in [3.05, 3.63) is 94.0 Å². The minimum Gasteiger partial charge on any atom is -0.496 e. The molecule has 5 nitrogen and oxygen atoms in total. The minimum absolute atomic E-state index is 0.377. The summed E-state index contributed by atoms with van der Waals surface area (Å²) in [5, 5.41) is 20.4. The summed E-state index contributed by atoms with van der Waals surface area (Å²) in [7, 11) is 3.10. The summed E-state index contributed by atoms with van der Waals surface area (Å²) in [6, 6.07) is 25.2. The van der Waals surface area contributed by atoms with Gasteiger partial charge in [-0.1, -0.05) is 47.5 Å². The first-order valence-electron chi connectivity index (χ1n) is 10.4. The van der Waals surface area contributed by atoms with Gasteiger partial charge >= 0.3 is 0 Å². The van der Waals surface area contributed by atoms with E-state index in [1.807, 2.05) is 0 Å². The van der Waals surface area contributed by atoms with Gasteiger partial charge in [0.05, 0.1) is 48.6 Å². The van der Waals surface area contributed by atoms with Gasteiger partial charge in [0.25, 0.3) is 0 Å². The molecule has 4 aromatic rings. The normalized spacial score (nSPS) is 10.2. The molecule has 0 heterocycles. The van der Waals surface area contributed by atoms with Crippen LogP contribution in [0.2, 0.25) is 10.0 Å². The van der Waals surface area contributed by atoms with Gasteiger partial charge < -0.3 is 14.2 Å². The number of methoxy groups -OCH3 is 2. The lowest BCUT2D eigenvalue weighted by Crippen LogP contribution is -1.98. The van der Waals surface area contributed by atoms with E-state index in [9.17, 15) is 10.5 Å². The van der Waals surface area contributed by atoms with Gasteiger partial charge in [-0.15, -0.1) is 0 Å². The number of ether oxygens (including phenoxy) is 3. The Bertz CT molecular complexity index is 1390. The van der Waals surface area contributed by atoms with Crippen LogP contribution in [0.5, 0.6) is 23.0 Å². The molecule has 0 saturated carbocycles. The average Bonchev–Trinajstić information content (AvgIpc) is 2.88. The van der Waals surface area contributed by atoms with E-state index in [1.165, 1.54) is 0 Å². The number of hydrogen-bond acceptors (Lipinski definition) is 5. The van der Waals surface area contributed by atoms with Crippen molar-refractivity contribution >= 4 is 23.2 Å². The first-order valence-corrected chi connectivity index (χ1v) is 11.2. The smallest absolute Gasteiger partial charge is 0.139 e. The van der Waals surface area contributed by atoms with Crippen molar-refractivity contribution in [1.82, 2.24) is 0 Å². The summed E-state index contributed by atoms with van der Waals surface area (Å²) in [6.45, 7) is 0. The highest BCUT2D eigenvalue weighted by molar-refractivity contribution is 6.31. The lowest BCUT2D eigenvalue weighted by atomic mass is 9.97. The minimum atomic E-state index is 0.377. The molecule has 0 saturated heterocycles. The molecule has 4 aromatic carbocycles. The number of halogens is 2. The monoisotopic (exact) mass is 500 g/mol. The Morgan fingerprint density at radius 2 is 1.00 bits per heavy atom.